The predicted molar refractivity (Wildman–Crippen MR) is 76.2 cm³/mol. The Morgan fingerprint density at radius 2 is 1.84 bits per heavy atom. The molecule has 0 amide bonds. The number of hydrogen-bond acceptors (Lipinski definition) is 2. The normalized spacial score (nSPS) is 10.6. The highest BCUT2D eigenvalue weighted by atomic mass is 79.9. The number of nitrogens with two attached hydrogens (primary N) is 1. The van der Waals surface area contributed by atoms with Crippen molar-refractivity contribution in [2.45, 2.75) is 6.54 Å². The van der Waals surface area contributed by atoms with Crippen molar-refractivity contribution in [3.8, 4) is 11.5 Å². The van der Waals surface area contributed by atoms with E-state index in [9.17, 15) is 8.78 Å². The lowest BCUT2D eigenvalue weighted by Crippen LogP contribution is -2.00. The number of hydrogen-bond donors (Lipinski definition) is 1. The fourth-order valence-electron chi connectivity index (χ4n) is 1.48. The molecule has 2 nitrogen and oxygen atoms in total. The fraction of sp³-hybridized carbons (Fsp3) is 0.0769. The van der Waals surface area contributed by atoms with Gasteiger partial charge in [-0.3, -0.25) is 0 Å². The highest BCUT2D eigenvalue weighted by Crippen LogP contribution is 2.32. The van der Waals surface area contributed by atoms with Gasteiger partial charge in [-0.15, -0.1) is 0 Å². The van der Waals surface area contributed by atoms with Gasteiger partial charge in [0, 0.05) is 6.54 Å². The summed E-state index contributed by atoms with van der Waals surface area (Å²) in [4.78, 5) is 0. The minimum atomic E-state index is -0.539. The van der Waals surface area contributed by atoms with E-state index in [0.717, 1.165) is 0 Å². The van der Waals surface area contributed by atoms with Gasteiger partial charge in [0.15, 0.2) is 11.6 Å². The lowest BCUT2D eigenvalue weighted by molar-refractivity contribution is 0.438. The van der Waals surface area contributed by atoms with Crippen molar-refractivity contribution in [2.24, 2.45) is 5.73 Å². The molecule has 0 bridgehead atoms. The Morgan fingerprint density at radius 1 is 1.11 bits per heavy atom. The summed E-state index contributed by atoms with van der Waals surface area (Å²) in [5.74, 6) is -0.571. The Bertz CT molecular complexity index is 620. The van der Waals surface area contributed by atoms with E-state index >= 15 is 0 Å². The molecule has 2 aromatic rings. The molecule has 0 aliphatic carbocycles. The molecule has 0 heterocycles. The molecular formula is C13H9Br2F2NO. The Kier molecular flexibility index (Phi) is 4.54. The van der Waals surface area contributed by atoms with Gasteiger partial charge in [0.2, 0.25) is 0 Å². The fourth-order valence-corrected chi connectivity index (χ4v) is 2.32. The van der Waals surface area contributed by atoms with Crippen LogP contribution in [0.3, 0.4) is 0 Å². The van der Waals surface area contributed by atoms with Crippen molar-refractivity contribution in [2.75, 3.05) is 0 Å². The van der Waals surface area contributed by atoms with Crippen molar-refractivity contribution in [1.29, 1.82) is 0 Å². The van der Waals surface area contributed by atoms with Crippen LogP contribution in [0.25, 0.3) is 0 Å². The van der Waals surface area contributed by atoms with E-state index in [-0.39, 0.29) is 21.2 Å². The summed E-state index contributed by atoms with van der Waals surface area (Å²) in [6, 6.07) is 7.24. The van der Waals surface area contributed by atoms with Gasteiger partial charge in [0.1, 0.15) is 11.6 Å². The van der Waals surface area contributed by atoms with E-state index in [4.69, 9.17) is 10.5 Å². The van der Waals surface area contributed by atoms with E-state index < -0.39 is 11.6 Å². The molecule has 2 N–H and O–H groups in total. The number of benzene rings is 2. The monoisotopic (exact) mass is 391 g/mol. The molecule has 0 aromatic heterocycles. The molecule has 0 aliphatic heterocycles. The van der Waals surface area contributed by atoms with Crippen LogP contribution in [-0.2, 0) is 6.54 Å². The molecule has 100 valence electrons. The molecule has 2 aromatic carbocycles. The molecule has 0 radical (unpaired) electrons. The van der Waals surface area contributed by atoms with E-state index in [1.165, 1.54) is 24.3 Å². The van der Waals surface area contributed by atoms with E-state index in [2.05, 4.69) is 31.9 Å². The standard InChI is InChI=1S/C13H9Br2F2NO/c14-9-5-8(2-3-10(9)16)19-11-4-1-7(6-18)12(15)13(11)17/h1-5H,6,18H2. The zero-order valence-electron chi connectivity index (χ0n) is 9.59. The summed E-state index contributed by atoms with van der Waals surface area (Å²) in [7, 11) is 0. The van der Waals surface area contributed by atoms with Gasteiger partial charge in [-0.25, -0.2) is 8.78 Å². The Balaban J connectivity index is 2.33. The minimum absolute atomic E-state index is 0.0441. The molecular weight excluding hydrogens is 384 g/mol. The van der Waals surface area contributed by atoms with Crippen LogP contribution in [0.4, 0.5) is 8.78 Å². The number of ether oxygens (including phenoxy) is 1. The summed E-state index contributed by atoms with van der Waals surface area (Å²) in [5, 5.41) is 0. The largest absolute Gasteiger partial charge is 0.454 e. The van der Waals surface area contributed by atoms with E-state index in [1.807, 2.05) is 0 Å². The molecule has 0 aliphatic rings. The van der Waals surface area contributed by atoms with Gasteiger partial charge >= 0.3 is 0 Å². The molecule has 0 saturated heterocycles. The van der Waals surface area contributed by atoms with Crippen LogP contribution >= 0.6 is 31.9 Å². The van der Waals surface area contributed by atoms with Crippen molar-refractivity contribution in [3.05, 3.63) is 56.5 Å². The van der Waals surface area contributed by atoms with Crippen LogP contribution < -0.4 is 10.5 Å². The second-order valence-corrected chi connectivity index (χ2v) is 5.38. The van der Waals surface area contributed by atoms with Gasteiger partial charge in [-0.05, 0) is 61.7 Å². The highest BCUT2D eigenvalue weighted by molar-refractivity contribution is 9.10. The highest BCUT2D eigenvalue weighted by Gasteiger charge is 2.12. The second-order valence-electron chi connectivity index (χ2n) is 3.73. The van der Waals surface area contributed by atoms with Crippen LogP contribution in [-0.4, -0.2) is 0 Å². The first-order chi connectivity index (χ1) is 9.02. The molecule has 6 heteroatoms. The third kappa shape index (κ3) is 3.13. The summed E-state index contributed by atoms with van der Waals surface area (Å²) < 4.78 is 33.0. The summed E-state index contributed by atoms with van der Waals surface area (Å²) >= 11 is 6.17. The maximum atomic E-state index is 14.0. The first-order valence-corrected chi connectivity index (χ1v) is 6.91. The van der Waals surface area contributed by atoms with Crippen molar-refractivity contribution in [3.63, 3.8) is 0 Å². The van der Waals surface area contributed by atoms with Crippen LogP contribution in [0.2, 0.25) is 0 Å². The Labute approximate surface area is 125 Å². The Hall–Kier alpha value is -0.980. The average Bonchev–Trinajstić information content (AvgIpc) is 2.40. The third-order valence-corrected chi connectivity index (χ3v) is 3.93. The third-order valence-electron chi connectivity index (χ3n) is 2.47. The Morgan fingerprint density at radius 3 is 2.47 bits per heavy atom. The zero-order chi connectivity index (χ0) is 14.0. The maximum Gasteiger partial charge on any atom is 0.180 e. The van der Waals surface area contributed by atoms with E-state index in [0.29, 0.717) is 11.3 Å². The molecule has 0 saturated carbocycles. The van der Waals surface area contributed by atoms with Crippen LogP contribution in [0.1, 0.15) is 5.56 Å². The summed E-state index contributed by atoms with van der Waals surface area (Å²) in [6.07, 6.45) is 0. The predicted octanol–water partition coefficient (Wildman–Crippen LogP) is 4.74. The van der Waals surface area contributed by atoms with Crippen LogP contribution in [0, 0.1) is 11.6 Å². The number of rotatable bonds is 3. The average molecular weight is 393 g/mol. The van der Waals surface area contributed by atoms with E-state index in [1.54, 1.807) is 6.07 Å². The van der Waals surface area contributed by atoms with Crippen LogP contribution in [0.15, 0.2) is 39.3 Å². The molecule has 0 unspecified atom stereocenters. The van der Waals surface area contributed by atoms with Crippen molar-refractivity contribution < 1.29 is 13.5 Å². The first-order valence-electron chi connectivity index (χ1n) is 5.32. The van der Waals surface area contributed by atoms with Crippen LogP contribution in [0.5, 0.6) is 11.5 Å². The van der Waals surface area contributed by atoms with Gasteiger partial charge in [0.25, 0.3) is 0 Å². The first kappa shape index (κ1) is 14.4. The molecule has 0 spiro atoms. The van der Waals surface area contributed by atoms with Gasteiger partial charge in [-0.2, -0.15) is 0 Å². The molecule has 19 heavy (non-hydrogen) atoms. The van der Waals surface area contributed by atoms with Gasteiger partial charge in [-0.1, -0.05) is 6.07 Å². The minimum Gasteiger partial charge on any atom is -0.454 e. The topological polar surface area (TPSA) is 35.2 Å². The lowest BCUT2D eigenvalue weighted by Gasteiger charge is -2.10. The zero-order valence-corrected chi connectivity index (χ0v) is 12.8. The quantitative estimate of drug-likeness (QED) is 0.818. The second kappa shape index (κ2) is 5.98. The lowest BCUT2D eigenvalue weighted by atomic mass is 10.2. The molecule has 2 rings (SSSR count). The molecule has 0 fully saturated rings. The maximum absolute atomic E-state index is 14.0. The summed E-state index contributed by atoms with van der Waals surface area (Å²) in [6.45, 7) is 0.222. The van der Waals surface area contributed by atoms with Gasteiger partial charge < -0.3 is 10.5 Å². The van der Waals surface area contributed by atoms with Crippen molar-refractivity contribution >= 4 is 31.9 Å². The number of halogens is 4. The molecule has 0 atom stereocenters. The summed E-state index contributed by atoms with van der Waals surface area (Å²) in [5.41, 5.74) is 6.12. The van der Waals surface area contributed by atoms with Crippen molar-refractivity contribution in [1.82, 2.24) is 0 Å². The van der Waals surface area contributed by atoms with Gasteiger partial charge in [0.05, 0.1) is 8.95 Å². The smallest absolute Gasteiger partial charge is 0.180 e. The SMILES string of the molecule is NCc1ccc(Oc2ccc(F)c(Br)c2)c(F)c1Br.